The molecule has 11 saturated heterocycles. The summed E-state index contributed by atoms with van der Waals surface area (Å²) in [6.07, 6.45) is -102. The minimum absolute atomic E-state index is 0.836. The van der Waals surface area contributed by atoms with Gasteiger partial charge in [-0.1, -0.05) is 0 Å². The quantitative estimate of drug-likeness (QED) is 0.0272. The Kier molecular flexibility index (Phi) is 43.7. The molecule has 64 nitrogen and oxygen atoms in total. The number of amides is 8. The van der Waals surface area contributed by atoms with E-state index in [9.17, 15) is 176 Å². The van der Waals surface area contributed by atoms with E-state index in [-0.39, 0.29) is 0 Å². The molecule has 0 aromatic rings. The molecule has 11 heterocycles. The van der Waals surface area contributed by atoms with Gasteiger partial charge in [0.1, 0.15) is 268 Å². The van der Waals surface area contributed by atoms with Crippen LogP contribution in [0, 0.1) is 0 Å². The van der Waals surface area contributed by atoms with Crippen molar-refractivity contribution in [2.75, 3.05) is 72.7 Å². The molecule has 11 fully saturated rings. The molecule has 1 unspecified atom stereocenters. The van der Waals surface area contributed by atoms with Gasteiger partial charge in [-0.15, -0.1) is 0 Å². The molecule has 8 amide bonds. The molecule has 0 aromatic heterocycles. The van der Waals surface area contributed by atoms with E-state index in [1.165, 1.54) is 0 Å². The summed E-state index contributed by atoms with van der Waals surface area (Å²) in [6, 6.07) is -15.2. The molecule has 64 heteroatoms. The summed E-state index contributed by atoms with van der Waals surface area (Å²) in [5.74, 6) is -7.52. The molecule has 11 aliphatic rings. The van der Waals surface area contributed by atoms with Gasteiger partial charge < -0.3 is 280 Å². The number of carbonyl (C=O) groups is 8. The van der Waals surface area contributed by atoms with Crippen LogP contribution in [0.25, 0.3) is 0 Å². The summed E-state index contributed by atoms with van der Waals surface area (Å²) >= 11 is 0. The number of hydrogen-bond acceptors (Lipinski definition) is 56. The van der Waals surface area contributed by atoms with Gasteiger partial charge in [0, 0.05) is 55.4 Å². The maximum Gasteiger partial charge on any atom is 0.217 e. The number of aliphatic hydroxyl groups is 27. The number of rotatable bonds is 39. The highest BCUT2D eigenvalue weighted by atomic mass is 16.8. The maximum atomic E-state index is 13.6. The molecule has 840 valence electrons. The van der Waals surface area contributed by atoms with Crippen molar-refractivity contribution in [2.24, 2.45) is 0 Å². The fourth-order valence-electron chi connectivity index (χ4n) is 19.1. The lowest BCUT2D eigenvalue weighted by Crippen LogP contribution is -2.72. The zero-order valence-electron chi connectivity index (χ0n) is 79.4. The lowest BCUT2D eigenvalue weighted by Gasteiger charge is -2.52. The molecule has 35 N–H and O–H groups in total. The van der Waals surface area contributed by atoms with E-state index in [0.29, 0.717) is 0 Å². The van der Waals surface area contributed by atoms with Crippen LogP contribution < -0.4 is 42.5 Å². The molecule has 11 rings (SSSR count). The Labute approximate surface area is 828 Å². The van der Waals surface area contributed by atoms with E-state index in [2.05, 4.69) is 42.5 Å². The molecule has 55 atom stereocenters. The van der Waals surface area contributed by atoms with E-state index >= 15 is 0 Å². The van der Waals surface area contributed by atoms with Crippen LogP contribution in [-0.4, -0.2) is 595 Å². The highest BCUT2D eigenvalue weighted by Gasteiger charge is 2.64. The Hall–Kier alpha value is -6.16. The molecular weight excluding hydrogens is 1990 g/mol. The largest absolute Gasteiger partial charge is 0.394 e. The number of carbonyl (C=O) groups excluding carboxylic acids is 8. The maximum absolute atomic E-state index is 13.6. The molecule has 11 aliphatic heterocycles. The van der Waals surface area contributed by atoms with Crippen molar-refractivity contribution in [3.8, 4) is 0 Å². The predicted molar refractivity (Wildman–Crippen MR) is 455 cm³/mol. The molecule has 0 spiro atoms. The van der Waals surface area contributed by atoms with Gasteiger partial charge in [0.05, 0.1) is 72.7 Å². The Morgan fingerprint density at radius 1 is 0.178 bits per heavy atom. The molecule has 146 heavy (non-hydrogen) atoms. The summed E-state index contributed by atoms with van der Waals surface area (Å²) in [5, 5.41) is 329. The van der Waals surface area contributed by atoms with Crippen LogP contribution in [0.3, 0.4) is 0 Å². The van der Waals surface area contributed by atoms with Crippen LogP contribution in [0.2, 0.25) is 0 Å². The summed E-state index contributed by atoms with van der Waals surface area (Å²) in [4.78, 5) is 103. The van der Waals surface area contributed by atoms with Crippen molar-refractivity contribution < 1.29 is 276 Å². The van der Waals surface area contributed by atoms with Crippen LogP contribution in [0.4, 0.5) is 0 Å². The minimum atomic E-state index is -2.78. The van der Waals surface area contributed by atoms with Crippen LogP contribution in [0.15, 0.2) is 0 Å². The average Bonchev–Trinajstić information content (AvgIpc) is 0.770. The lowest BCUT2D eigenvalue weighted by atomic mass is 9.93. The molecule has 0 bridgehead atoms. The second kappa shape index (κ2) is 53.1. The molecule has 0 radical (unpaired) electrons. The Bertz CT molecular complexity index is 4190. The Balaban J connectivity index is 0.999. The number of ether oxygens (including phenoxy) is 21. The SMILES string of the molecule is CC(=O)N[C@H]1[C@H](O[C@H]2[C@H](O)[C@@H](NC(C)=O)C(O)O[C@@H]2CO)O[C@H](CO)[C@@H](O[C@@H]2O[C@H](CO[C@H]3O[C@H](CO)[C@@H](O)[C@H](O)[C@@H]3O[C@@H]3O[C@H](CO)[C@@H](O[C@@H]4O[C@H](CO)[C@H](O)[C@H](O)[C@H]4NC(C)=O)[C@H](O)[C@H]3NC(C)=O)[C@@H](O)[C@H](O[C@H]3O[C@H](CO)[C@@H](O[C@@H]4O[C@H](CO)[C@@H](O[C@@H]5O[C@H](CO)[C@H](O)[C@H](O)[C@H]5NC(C)=O)[C@H](O)[C@H]4NC(C)=O)[C@H](O)[C@@H]3O[C@@H]3O[C@H](CO)[C@@H](O[C@@H]4O[C@H](CO)[C@H](O)[C@H](O)[C@H]4NC(C)=O)[C@H](O)[C@H]3NC(C)=O)[C@@H]2O)[C@@H]1O. The van der Waals surface area contributed by atoms with Gasteiger partial charge in [0.15, 0.2) is 69.2 Å². The number of nitrogens with one attached hydrogen (secondary N) is 8. The van der Waals surface area contributed by atoms with Crippen LogP contribution in [0.5, 0.6) is 0 Å². The van der Waals surface area contributed by atoms with E-state index in [0.717, 1.165) is 55.4 Å². The second-order valence-electron chi connectivity index (χ2n) is 36.7. The second-order valence-corrected chi connectivity index (χ2v) is 36.7. The van der Waals surface area contributed by atoms with Gasteiger partial charge in [0.25, 0.3) is 0 Å². The molecule has 0 aliphatic carbocycles. The zero-order valence-corrected chi connectivity index (χ0v) is 79.4. The fourth-order valence-corrected chi connectivity index (χ4v) is 19.1. The molecule has 0 aromatic carbocycles. The van der Waals surface area contributed by atoms with E-state index in [4.69, 9.17) is 99.5 Å². The molecule has 0 saturated carbocycles. The topological polar surface area (TPSA) is 973 Å². The molecular formula is C82H136N8O56. The number of aliphatic hydroxyl groups excluding tert-OH is 27. The summed E-state index contributed by atoms with van der Waals surface area (Å²) in [7, 11) is 0. The average molecular weight is 2130 g/mol. The van der Waals surface area contributed by atoms with Gasteiger partial charge in [-0.25, -0.2) is 0 Å². The summed E-state index contributed by atoms with van der Waals surface area (Å²) < 4.78 is 129. The number of hydrogen-bond donors (Lipinski definition) is 35. The van der Waals surface area contributed by atoms with Crippen molar-refractivity contribution >= 4 is 47.3 Å². The van der Waals surface area contributed by atoms with Gasteiger partial charge in [-0.3, -0.25) is 38.4 Å². The Morgan fingerprint density at radius 3 is 0.644 bits per heavy atom. The van der Waals surface area contributed by atoms with Gasteiger partial charge in [-0.05, 0) is 0 Å². The van der Waals surface area contributed by atoms with Crippen molar-refractivity contribution in [1.82, 2.24) is 42.5 Å². The van der Waals surface area contributed by atoms with Crippen LogP contribution in [-0.2, 0) is 138 Å². The summed E-state index contributed by atoms with van der Waals surface area (Å²) in [6.45, 7) is -5.55. The monoisotopic (exact) mass is 2130 g/mol. The third-order valence-corrected chi connectivity index (χ3v) is 26.2. The summed E-state index contributed by atoms with van der Waals surface area (Å²) in [5.41, 5.74) is 0. The highest BCUT2D eigenvalue weighted by Crippen LogP contribution is 2.43. The first-order valence-electron chi connectivity index (χ1n) is 46.6. The first kappa shape index (κ1) is 120. The highest BCUT2D eigenvalue weighted by molar-refractivity contribution is 5.76. The standard InChI is InChI=1S/C82H136N8O56/c1-20(101)83-39-55(117)63(32(13-95)127-72(39)125)138-76-44(88-25(6)106)59(121)67(36(17-99)133-76)143-80-62(124)69(51(113)38(137-80)19-126-81-70(60(122)50(112)31(12-94)131-81)145-78-45(89-26(7)107)57(119)65(34(15-97)134-78)140-74-41(85-22(3)103)53(115)48(110)29(10-92)129-74)144-82-71(146-79-46(90-27(8)108)58(120)66(35(16-98)135-79)141-75-42(86-23(4)104)54(116)49(111)30(11-93)130-75)61(123)68(37(18-100)136-82)142-77-43(87-24(5)105)56(118)64(33(14-96)132-77)139-73-40(84-21(2)102)52(114)47(109)28(9-91)128-73/h28-82,91-100,109-125H,9-19H2,1-8H3,(H,83,101)(H,84,102)(H,85,103)(H,86,104)(H,87,105)(H,88,106)(H,89,107)(H,90,108)/t28-,29-,30-,31-,32-,33-,34-,35-,36-,37-,38-,39-,40-,41-,42-,43-,44-,45-,46-,47+,48+,49+,50-,51-,52-,53-,54-,55-,56-,57-,58-,59-,60+,61+,62+,63-,64-,65-,66-,67-,68-,69+,70+,71+,72?,73+,74+,75+,76+,77+,78+,79+,80+,81+,82-/m1/s1. The third kappa shape index (κ3) is 27.4. The lowest BCUT2D eigenvalue weighted by molar-refractivity contribution is -0.406. The first-order valence-corrected chi connectivity index (χ1v) is 46.6. The van der Waals surface area contributed by atoms with Crippen LogP contribution >= 0.6 is 0 Å². The predicted octanol–water partition coefficient (Wildman–Crippen LogP) is -23.8. The van der Waals surface area contributed by atoms with Crippen molar-refractivity contribution in [3.63, 3.8) is 0 Å². The van der Waals surface area contributed by atoms with E-state index in [1.54, 1.807) is 0 Å². The van der Waals surface area contributed by atoms with E-state index < -0.39 is 457 Å². The van der Waals surface area contributed by atoms with Gasteiger partial charge in [-0.2, -0.15) is 0 Å². The van der Waals surface area contributed by atoms with Crippen LogP contribution in [0.1, 0.15) is 55.4 Å². The Morgan fingerprint density at radius 2 is 0.370 bits per heavy atom. The van der Waals surface area contributed by atoms with Crippen molar-refractivity contribution in [3.05, 3.63) is 0 Å². The first-order chi connectivity index (χ1) is 69.1. The third-order valence-electron chi connectivity index (χ3n) is 26.2. The van der Waals surface area contributed by atoms with E-state index in [1.807, 2.05) is 0 Å². The van der Waals surface area contributed by atoms with Gasteiger partial charge >= 0.3 is 0 Å². The van der Waals surface area contributed by atoms with Crippen molar-refractivity contribution in [1.29, 1.82) is 0 Å². The smallest absolute Gasteiger partial charge is 0.217 e. The zero-order chi connectivity index (χ0) is 108. The fraction of sp³-hybridized carbons (Fsp3) is 0.902. The normalized spacial score (nSPS) is 46.5. The minimum Gasteiger partial charge on any atom is -0.394 e. The van der Waals surface area contributed by atoms with Crippen molar-refractivity contribution in [2.45, 2.75) is 393 Å². The van der Waals surface area contributed by atoms with Gasteiger partial charge in [0.2, 0.25) is 47.3 Å².